The van der Waals surface area contributed by atoms with Gasteiger partial charge in [-0.15, -0.1) is 11.8 Å². The van der Waals surface area contributed by atoms with E-state index < -0.39 is 30.5 Å². The molecule has 0 bridgehead atoms. The van der Waals surface area contributed by atoms with Crippen LogP contribution in [-0.2, 0) is 23.9 Å². The molecule has 0 spiro atoms. The number of rotatable bonds is 10. The second-order valence-corrected chi connectivity index (χ2v) is 7.62. The summed E-state index contributed by atoms with van der Waals surface area (Å²) >= 11 is 1.22. The molecule has 1 rings (SSSR count). The number of thioether (sulfide) groups is 1. The van der Waals surface area contributed by atoms with Crippen LogP contribution in [0, 0.1) is 5.92 Å². The van der Waals surface area contributed by atoms with Crippen LogP contribution in [-0.4, -0.2) is 68.3 Å². The number of hydrogen-bond acceptors (Lipinski definition) is 7. The lowest BCUT2D eigenvalue weighted by Gasteiger charge is -2.21. The van der Waals surface area contributed by atoms with Crippen molar-refractivity contribution in [3.8, 4) is 0 Å². The number of carbonyl (C=O) groups is 4. The summed E-state index contributed by atoms with van der Waals surface area (Å²) in [5.74, 6) is -1.87. The van der Waals surface area contributed by atoms with E-state index in [4.69, 9.17) is 9.47 Å². The monoisotopic (exact) mass is 424 g/mol. The van der Waals surface area contributed by atoms with Crippen LogP contribution in [0.25, 0.3) is 0 Å². The van der Waals surface area contributed by atoms with E-state index >= 15 is 0 Å². The number of methoxy groups -OCH3 is 1. The van der Waals surface area contributed by atoms with Crippen LogP contribution in [0.3, 0.4) is 0 Å². The Kier molecular flexibility index (Phi) is 10.2. The van der Waals surface area contributed by atoms with Gasteiger partial charge in [-0.1, -0.05) is 32.4 Å². The molecule has 0 aliphatic rings. The van der Waals surface area contributed by atoms with Gasteiger partial charge in [0.25, 0.3) is 5.91 Å². The van der Waals surface area contributed by atoms with Gasteiger partial charge < -0.3 is 19.7 Å². The van der Waals surface area contributed by atoms with Gasteiger partial charge in [0.05, 0.1) is 18.4 Å². The van der Waals surface area contributed by atoms with Crippen LogP contribution in [0.4, 0.5) is 0 Å². The van der Waals surface area contributed by atoms with Gasteiger partial charge in [0.2, 0.25) is 5.91 Å². The summed E-state index contributed by atoms with van der Waals surface area (Å²) < 4.78 is 9.82. The zero-order chi connectivity index (χ0) is 22.0. The maximum Gasteiger partial charge on any atom is 0.339 e. The average Bonchev–Trinajstić information content (AvgIpc) is 2.72. The molecule has 29 heavy (non-hydrogen) atoms. The van der Waals surface area contributed by atoms with Gasteiger partial charge in [0, 0.05) is 19.0 Å². The number of nitrogens with one attached hydrogen (secondary N) is 1. The van der Waals surface area contributed by atoms with Crippen molar-refractivity contribution in [2.45, 2.75) is 31.2 Å². The predicted octanol–water partition coefficient (Wildman–Crippen LogP) is 1.73. The lowest BCUT2D eigenvalue weighted by Crippen LogP contribution is -2.47. The summed E-state index contributed by atoms with van der Waals surface area (Å²) in [4.78, 5) is 50.2. The number of benzene rings is 1. The number of amides is 2. The minimum atomic E-state index is -0.809. The minimum absolute atomic E-state index is 0.0866. The maximum atomic E-state index is 12.4. The number of nitrogens with zero attached hydrogens (tertiary/aromatic N) is 1. The molecule has 0 saturated heterocycles. The number of hydrogen-bond donors (Lipinski definition) is 1. The Morgan fingerprint density at radius 3 is 2.41 bits per heavy atom. The van der Waals surface area contributed by atoms with Gasteiger partial charge in [0.1, 0.15) is 6.04 Å². The van der Waals surface area contributed by atoms with Crippen LogP contribution in [0.2, 0.25) is 0 Å². The van der Waals surface area contributed by atoms with Gasteiger partial charge in [-0.3, -0.25) is 9.59 Å². The van der Waals surface area contributed by atoms with E-state index in [1.165, 1.54) is 23.8 Å². The van der Waals surface area contributed by atoms with Crippen LogP contribution < -0.4 is 5.32 Å². The molecule has 0 aromatic heterocycles. The Morgan fingerprint density at radius 1 is 1.17 bits per heavy atom. The highest BCUT2D eigenvalue weighted by molar-refractivity contribution is 8.00. The molecule has 0 fully saturated rings. The Bertz CT molecular complexity index is 737. The topological polar surface area (TPSA) is 102 Å². The Labute approximate surface area is 175 Å². The molecule has 160 valence electrons. The molecule has 1 N–H and O–H groups in total. The summed E-state index contributed by atoms with van der Waals surface area (Å²) in [6.45, 7) is 3.18. The van der Waals surface area contributed by atoms with Gasteiger partial charge in [-0.2, -0.15) is 0 Å². The van der Waals surface area contributed by atoms with Crippen LogP contribution in [0.1, 0.15) is 30.6 Å². The fraction of sp³-hybridized carbons (Fsp3) is 0.500. The molecule has 0 saturated carbocycles. The van der Waals surface area contributed by atoms with Crippen LogP contribution >= 0.6 is 11.8 Å². The Morgan fingerprint density at radius 2 is 1.83 bits per heavy atom. The van der Waals surface area contributed by atoms with Crippen molar-refractivity contribution in [3.63, 3.8) is 0 Å². The normalized spacial score (nSPS) is 12.4. The first-order chi connectivity index (χ1) is 13.7. The van der Waals surface area contributed by atoms with Crippen molar-refractivity contribution in [3.05, 3.63) is 29.8 Å². The number of ether oxygens (including phenoxy) is 2. The van der Waals surface area contributed by atoms with Crippen molar-refractivity contribution in [2.75, 3.05) is 33.6 Å². The lowest BCUT2D eigenvalue weighted by molar-refractivity contribution is -0.147. The number of carbonyl (C=O) groups excluding carboxylic acids is 4. The van der Waals surface area contributed by atoms with Gasteiger partial charge in [-0.25, -0.2) is 9.59 Å². The fourth-order valence-electron chi connectivity index (χ4n) is 2.25. The van der Waals surface area contributed by atoms with E-state index in [2.05, 4.69) is 5.32 Å². The molecule has 1 aromatic carbocycles. The van der Waals surface area contributed by atoms with E-state index in [0.717, 1.165) is 0 Å². The fourth-order valence-corrected chi connectivity index (χ4v) is 3.27. The molecule has 8 nitrogen and oxygen atoms in total. The summed E-state index contributed by atoms with van der Waals surface area (Å²) in [5, 5.41) is 2.55. The van der Waals surface area contributed by atoms with E-state index in [1.807, 2.05) is 13.8 Å². The summed E-state index contributed by atoms with van der Waals surface area (Å²) in [6.07, 6.45) is 0.663. The summed E-state index contributed by atoms with van der Waals surface area (Å²) in [5.41, 5.74) is 0.267. The van der Waals surface area contributed by atoms with Crippen molar-refractivity contribution in [2.24, 2.45) is 5.92 Å². The highest BCUT2D eigenvalue weighted by Gasteiger charge is 2.27. The van der Waals surface area contributed by atoms with Crippen molar-refractivity contribution >= 4 is 35.5 Å². The molecule has 2 atom stereocenters. The molecule has 0 aliphatic carbocycles. The van der Waals surface area contributed by atoms with E-state index in [-0.39, 0.29) is 23.1 Å². The standard InChI is InChI=1S/C20H28N2O6S/c1-6-13(2)18(20(26)27-5)21-16(23)11-28-19(25)14-9-7-8-10-15(14)29-12-17(24)22(3)4/h7-10,13,18H,6,11-12H2,1-5H3,(H,21,23)/t13-,18-/m0/s1. The first kappa shape index (κ1) is 24.5. The predicted molar refractivity (Wildman–Crippen MR) is 110 cm³/mol. The van der Waals surface area contributed by atoms with Crippen LogP contribution in [0.5, 0.6) is 0 Å². The Balaban J connectivity index is 2.71. The van der Waals surface area contributed by atoms with Gasteiger partial charge in [-0.05, 0) is 18.1 Å². The summed E-state index contributed by atoms with van der Waals surface area (Å²) in [7, 11) is 4.56. The molecular weight excluding hydrogens is 396 g/mol. The average molecular weight is 425 g/mol. The third-order valence-corrected chi connectivity index (χ3v) is 5.33. The van der Waals surface area contributed by atoms with E-state index in [0.29, 0.717) is 11.3 Å². The second kappa shape index (κ2) is 12.1. The lowest BCUT2D eigenvalue weighted by atomic mass is 9.99. The highest BCUT2D eigenvalue weighted by atomic mass is 32.2. The van der Waals surface area contributed by atoms with E-state index in [9.17, 15) is 19.2 Å². The SMILES string of the molecule is CC[C@H](C)[C@H](NC(=O)COC(=O)c1ccccc1SCC(=O)N(C)C)C(=O)OC. The molecule has 9 heteroatoms. The van der Waals surface area contributed by atoms with E-state index in [1.54, 1.807) is 38.4 Å². The molecule has 0 radical (unpaired) electrons. The minimum Gasteiger partial charge on any atom is -0.467 e. The van der Waals surface area contributed by atoms with Gasteiger partial charge >= 0.3 is 11.9 Å². The van der Waals surface area contributed by atoms with Gasteiger partial charge in [0.15, 0.2) is 6.61 Å². The van der Waals surface area contributed by atoms with Crippen molar-refractivity contribution in [1.82, 2.24) is 10.2 Å². The third kappa shape index (κ3) is 7.77. The largest absolute Gasteiger partial charge is 0.467 e. The first-order valence-corrected chi connectivity index (χ1v) is 10.2. The van der Waals surface area contributed by atoms with Crippen LogP contribution in [0.15, 0.2) is 29.2 Å². The molecular formula is C20H28N2O6S. The van der Waals surface area contributed by atoms with Crippen molar-refractivity contribution < 1.29 is 28.7 Å². The highest BCUT2D eigenvalue weighted by Crippen LogP contribution is 2.23. The zero-order valence-electron chi connectivity index (χ0n) is 17.4. The second-order valence-electron chi connectivity index (χ2n) is 6.60. The zero-order valence-corrected chi connectivity index (χ0v) is 18.2. The molecule has 2 amide bonds. The summed E-state index contributed by atoms with van der Waals surface area (Å²) in [6, 6.07) is 5.89. The molecule has 0 unspecified atom stereocenters. The maximum absolute atomic E-state index is 12.4. The third-order valence-electron chi connectivity index (χ3n) is 4.28. The molecule has 0 aliphatic heterocycles. The quantitative estimate of drug-likeness (QED) is 0.451. The smallest absolute Gasteiger partial charge is 0.339 e. The Hall–Kier alpha value is -2.55. The first-order valence-electron chi connectivity index (χ1n) is 9.17. The molecule has 1 aromatic rings. The van der Waals surface area contributed by atoms with Crippen molar-refractivity contribution in [1.29, 1.82) is 0 Å². The molecule has 0 heterocycles. The number of esters is 2.